The molecule has 2 aliphatic rings. The molecule has 7 nitrogen and oxygen atoms in total. The van der Waals surface area contributed by atoms with Crippen LogP contribution in [0.25, 0.3) is 0 Å². The number of likely N-dealkylation sites (tertiary alicyclic amines) is 1. The molecule has 0 N–H and O–H groups in total. The lowest BCUT2D eigenvalue weighted by Crippen LogP contribution is -2.46. The van der Waals surface area contributed by atoms with Gasteiger partial charge in [-0.2, -0.15) is 0 Å². The Kier molecular flexibility index (Phi) is 7.85. The molecule has 1 atom stereocenters. The summed E-state index contributed by atoms with van der Waals surface area (Å²) < 4.78 is 11.3. The highest BCUT2D eigenvalue weighted by Crippen LogP contribution is 2.38. The quantitative estimate of drug-likeness (QED) is 0.544. The first-order chi connectivity index (χ1) is 17.0. The summed E-state index contributed by atoms with van der Waals surface area (Å²) in [5, 5.41) is 0. The maximum Gasteiger partial charge on any atom is 0.336 e. The molecule has 7 heteroatoms. The minimum Gasteiger partial charge on any atom is -0.463 e. The second-order valence-corrected chi connectivity index (χ2v) is 8.89. The van der Waals surface area contributed by atoms with Crippen LogP contribution in [0.3, 0.4) is 0 Å². The molecule has 35 heavy (non-hydrogen) atoms. The Morgan fingerprint density at radius 3 is 2.40 bits per heavy atom. The van der Waals surface area contributed by atoms with Crippen LogP contribution in [0.2, 0.25) is 0 Å². The fourth-order valence-electron chi connectivity index (χ4n) is 4.76. The minimum absolute atomic E-state index is 0.0581. The van der Waals surface area contributed by atoms with E-state index in [1.54, 1.807) is 13.8 Å². The summed E-state index contributed by atoms with van der Waals surface area (Å²) in [4.78, 5) is 42.5. The first-order valence-corrected chi connectivity index (χ1v) is 12.3. The summed E-state index contributed by atoms with van der Waals surface area (Å²) in [6.07, 6.45) is 3.15. The number of esters is 1. The van der Waals surface area contributed by atoms with Crippen molar-refractivity contribution in [2.24, 2.45) is 0 Å². The second-order valence-electron chi connectivity index (χ2n) is 8.89. The van der Waals surface area contributed by atoms with Crippen LogP contribution < -0.4 is 4.74 Å². The fourth-order valence-corrected chi connectivity index (χ4v) is 4.76. The minimum atomic E-state index is -0.484. The topological polar surface area (TPSA) is 76.2 Å². The molecule has 0 spiro atoms. The molecular weight excluding hydrogens is 444 g/mol. The van der Waals surface area contributed by atoms with Gasteiger partial charge in [0.25, 0.3) is 0 Å². The van der Waals surface area contributed by atoms with Gasteiger partial charge in [0, 0.05) is 31.1 Å². The Bertz CT molecular complexity index is 1110. The smallest absolute Gasteiger partial charge is 0.336 e. The predicted molar refractivity (Wildman–Crippen MR) is 132 cm³/mol. The van der Waals surface area contributed by atoms with Crippen LogP contribution in [-0.2, 0) is 19.1 Å². The van der Waals surface area contributed by atoms with E-state index in [1.165, 1.54) is 4.90 Å². The molecule has 4 rings (SSSR count). The number of para-hydroxylation sites is 1. The molecule has 1 fully saturated rings. The maximum atomic E-state index is 13.2. The average molecular weight is 477 g/mol. The third kappa shape index (κ3) is 5.73. The molecule has 1 saturated heterocycles. The Labute approximate surface area is 206 Å². The van der Waals surface area contributed by atoms with Gasteiger partial charge in [0.2, 0.25) is 11.8 Å². The van der Waals surface area contributed by atoms with Crippen LogP contribution in [-0.4, -0.2) is 53.8 Å². The molecular formula is C28H32N2O5. The average Bonchev–Trinajstić information content (AvgIpc) is 2.87. The normalized spacial score (nSPS) is 18.5. The molecule has 184 valence electrons. The number of rotatable bonds is 7. The summed E-state index contributed by atoms with van der Waals surface area (Å²) >= 11 is 0. The van der Waals surface area contributed by atoms with E-state index in [9.17, 15) is 14.4 Å². The summed E-state index contributed by atoms with van der Waals surface area (Å²) in [6, 6.07) is 16.9. The number of nitrogens with zero attached hydrogens (tertiary/aromatic N) is 2. The van der Waals surface area contributed by atoms with Crippen LogP contribution in [0, 0.1) is 0 Å². The largest absolute Gasteiger partial charge is 0.463 e. The van der Waals surface area contributed by atoms with Crippen molar-refractivity contribution < 1.29 is 23.9 Å². The maximum absolute atomic E-state index is 13.2. The number of carbonyl (C=O) groups excluding carboxylic acids is 3. The lowest BCUT2D eigenvalue weighted by molar-refractivity contribution is -0.142. The Morgan fingerprint density at radius 1 is 0.971 bits per heavy atom. The SMILES string of the molecule is CCOC(=O)C1=C(C)N(CC(=O)N2CCCCC2)C(=O)CC1c1cccc(Oc2ccccc2)c1. The van der Waals surface area contributed by atoms with Gasteiger partial charge in [-0.3, -0.25) is 9.59 Å². The van der Waals surface area contributed by atoms with Crippen molar-refractivity contribution in [1.82, 2.24) is 9.80 Å². The van der Waals surface area contributed by atoms with Crippen LogP contribution in [0.5, 0.6) is 11.5 Å². The molecule has 0 saturated carbocycles. The van der Waals surface area contributed by atoms with Crippen molar-refractivity contribution in [3.63, 3.8) is 0 Å². The number of amides is 2. The third-order valence-electron chi connectivity index (χ3n) is 6.56. The lowest BCUT2D eigenvalue weighted by Gasteiger charge is -2.36. The summed E-state index contributed by atoms with van der Waals surface area (Å²) in [6.45, 7) is 5.07. The van der Waals surface area contributed by atoms with E-state index >= 15 is 0 Å². The van der Waals surface area contributed by atoms with E-state index in [0.717, 1.165) is 24.8 Å². The van der Waals surface area contributed by atoms with Crippen molar-refractivity contribution in [3.05, 3.63) is 71.4 Å². The first kappa shape index (κ1) is 24.5. The van der Waals surface area contributed by atoms with E-state index in [1.807, 2.05) is 59.5 Å². The van der Waals surface area contributed by atoms with Gasteiger partial charge in [-0.1, -0.05) is 30.3 Å². The highest BCUT2D eigenvalue weighted by Gasteiger charge is 2.38. The van der Waals surface area contributed by atoms with Gasteiger partial charge in [0.05, 0.1) is 12.2 Å². The van der Waals surface area contributed by atoms with Gasteiger partial charge in [-0.15, -0.1) is 0 Å². The summed E-state index contributed by atoms with van der Waals surface area (Å²) in [7, 11) is 0. The standard InChI is InChI=1S/C28H32N2O5/c1-3-34-28(33)27-20(2)30(19-26(32)29-15-8-5-9-16-29)25(31)18-24(27)21-11-10-14-23(17-21)35-22-12-6-4-7-13-22/h4,6-7,10-14,17,24H,3,5,8-9,15-16,18-19H2,1-2H3. The molecule has 0 radical (unpaired) electrons. The first-order valence-electron chi connectivity index (χ1n) is 12.3. The zero-order chi connectivity index (χ0) is 24.8. The molecule has 0 aromatic heterocycles. The van der Waals surface area contributed by atoms with Crippen LogP contribution in [0.4, 0.5) is 0 Å². The van der Waals surface area contributed by atoms with E-state index in [0.29, 0.717) is 35.9 Å². The molecule has 0 bridgehead atoms. The highest BCUT2D eigenvalue weighted by atomic mass is 16.5. The summed E-state index contributed by atoms with van der Waals surface area (Å²) in [5.74, 6) is 0.0981. The van der Waals surface area contributed by atoms with Crippen LogP contribution >= 0.6 is 0 Å². The molecule has 2 amide bonds. The number of hydrogen-bond donors (Lipinski definition) is 0. The van der Waals surface area contributed by atoms with Crippen molar-refractivity contribution in [3.8, 4) is 11.5 Å². The van der Waals surface area contributed by atoms with E-state index < -0.39 is 11.9 Å². The number of hydrogen-bond acceptors (Lipinski definition) is 5. The van der Waals surface area contributed by atoms with Gasteiger partial charge >= 0.3 is 5.97 Å². The van der Waals surface area contributed by atoms with Crippen LogP contribution in [0.15, 0.2) is 65.9 Å². The fraction of sp³-hybridized carbons (Fsp3) is 0.393. The molecule has 2 aromatic carbocycles. The van der Waals surface area contributed by atoms with Crippen molar-refractivity contribution >= 4 is 17.8 Å². The highest BCUT2D eigenvalue weighted by molar-refractivity contribution is 5.97. The Balaban J connectivity index is 1.63. The monoisotopic (exact) mass is 476 g/mol. The van der Waals surface area contributed by atoms with Crippen molar-refractivity contribution in [2.75, 3.05) is 26.2 Å². The van der Waals surface area contributed by atoms with Gasteiger partial charge in [-0.25, -0.2) is 4.79 Å². The van der Waals surface area contributed by atoms with Crippen molar-refractivity contribution in [1.29, 1.82) is 0 Å². The van der Waals surface area contributed by atoms with E-state index in [4.69, 9.17) is 9.47 Å². The Morgan fingerprint density at radius 2 is 1.69 bits per heavy atom. The Hall–Kier alpha value is -3.61. The lowest BCUT2D eigenvalue weighted by atomic mass is 9.83. The molecule has 1 unspecified atom stereocenters. The molecule has 2 aliphatic heterocycles. The van der Waals surface area contributed by atoms with Crippen molar-refractivity contribution in [2.45, 2.75) is 45.4 Å². The number of carbonyl (C=O) groups is 3. The molecule has 0 aliphatic carbocycles. The van der Waals surface area contributed by atoms with Gasteiger partial charge in [0.1, 0.15) is 18.0 Å². The second kappa shape index (κ2) is 11.2. The predicted octanol–water partition coefficient (Wildman–Crippen LogP) is 4.64. The van der Waals surface area contributed by atoms with Gasteiger partial charge in [0.15, 0.2) is 0 Å². The zero-order valence-corrected chi connectivity index (χ0v) is 20.4. The number of allylic oxidation sites excluding steroid dienone is 1. The zero-order valence-electron chi connectivity index (χ0n) is 20.4. The molecule has 2 heterocycles. The number of ether oxygens (including phenoxy) is 2. The van der Waals surface area contributed by atoms with E-state index in [2.05, 4.69) is 0 Å². The summed E-state index contributed by atoms with van der Waals surface area (Å²) in [5.41, 5.74) is 1.68. The number of benzene rings is 2. The third-order valence-corrected chi connectivity index (χ3v) is 6.56. The van der Waals surface area contributed by atoms with Crippen LogP contribution in [0.1, 0.15) is 51.0 Å². The number of piperidine rings is 1. The van der Waals surface area contributed by atoms with Gasteiger partial charge < -0.3 is 19.3 Å². The molecule has 2 aromatic rings. The van der Waals surface area contributed by atoms with E-state index in [-0.39, 0.29) is 31.4 Å². The van der Waals surface area contributed by atoms with Gasteiger partial charge in [-0.05, 0) is 62.9 Å².